The minimum absolute atomic E-state index is 0.175. The van der Waals surface area contributed by atoms with Crippen molar-refractivity contribution >= 4 is 10.1 Å². The minimum Gasteiger partial charge on any atom is -0.440 e. The van der Waals surface area contributed by atoms with E-state index in [0.29, 0.717) is 18.0 Å². The maximum absolute atomic E-state index is 10.6. The molecule has 0 aromatic carbocycles. The number of hydrogen-bond acceptors (Lipinski definition) is 6. The Labute approximate surface area is 129 Å². The van der Waals surface area contributed by atoms with Crippen LogP contribution in [0.2, 0.25) is 0 Å². The fourth-order valence-electron chi connectivity index (χ4n) is 2.21. The predicted octanol–water partition coefficient (Wildman–Crippen LogP) is 1.77. The Kier molecular flexibility index (Phi) is 5.30. The summed E-state index contributed by atoms with van der Waals surface area (Å²) in [4.78, 5) is 4.04. The first-order chi connectivity index (χ1) is 10.4. The molecule has 0 saturated heterocycles. The van der Waals surface area contributed by atoms with E-state index in [9.17, 15) is 8.42 Å². The number of aromatic nitrogens is 4. The molecule has 0 aliphatic carbocycles. The summed E-state index contributed by atoms with van der Waals surface area (Å²) < 4.78 is 37.0. The highest BCUT2D eigenvalue weighted by Crippen LogP contribution is 2.21. The molecule has 0 atom stereocenters. The van der Waals surface area contributed by atoms with Gasteiger partial charge < -0.3 is 8.98 Å². The molecule has 9 heteroatoms. The van der Waals surface area contributed by atoms with Crippen molar-refractivity contribution in [2.45, 2.75) is 39.0 Å². The van der Waals surface area contributed by atoms with E-state index in [2.05, 4.69) is 15.2 Å². The molecular weight excluding hydrogens is 308 g/mol. The molecule has 0 radical (unpaired) electrons. The lowest BCUT2D eigenvalue weighted by Gasteiger charge is -2.03. The Morgan fingerprint density at radius 3 is 2.59 bits per heavy atom. The van der Waals surface area contributed by atoms with Gasteiger partial charge in [0.15, 0.2) is 12.2 Å². The predicted molar refractivity (Wildman–Crippen MR) is 79.8 cm³/mol. The number of hydrogen-bond donors (Lipinski definition) is 1. The second-order valence-corrected chi connectivity index (χ2v) is 6.79. The Morgan fingerprint density at radius 1 is 1.23 bits per heavy atom. The van der Waals surface area contributed by atoms with Crippen molar-refractivity contribution in [3.8, 4) is 11.6 Å². The Balaban J connectivity index is 1.82. The summed E-state index contributed by atoms with van der Waals surface area (Å²) in [7, 11) is -1.96. The molecular formula is C13H20N4O4S. The third kappa shape index (κ3) is 4.38. The molecule has 0 bridgehead atoms. The lowest BCUT2D eigenvalue weighted by Crippen LogP contribution is -2.03. The van der Waals surface area contributed by atoms with E-state index in [1.54, 1.807) is 0 Å². The van der Waals surface area contributed by atoms with Crippen LogP contribution < -0.4 is 0 Å². The molecule has 0 saturated carbocycles. The van der Waals surface area contributed by atoms with Gasteiger partial charge in [0.25, 0.3) is 10.1 Å². The summed E-state index contributed by atoms with van der Waals surface area (Å²) >= 11 is 0. The molecule has 22 heavy (non-hydrogen) atoms. The van der Waals surface area contributed by atoms with Crippen LogP contribution in [0, 0.1) is 6.92 Å². The number of unbranched alkanes of at least 4 members (excludes halogenated alkanes) is 3. The first-order valence-corrected chi connectivity index (χ1v) is 8.73. The smallest absolute Gasteiger partial charge is 0.264 e. The van der Waals surface area contributed by atoms with Gasteiger partial charge in [-0.15, -0.1) is 10.2 Å². The first-order valence-electron chi connectivity index (χ1n) is 7.12. The number of rotatable bonds is 8. The van der Waals surface area contributed by atoms with Crippen LogP contribution in [0.3, 0.4) is 0 Å². The molecule has 122 valence electrons. The second kappa shape index (κ2) is 7.01. The van der Waals surface area contributed by atoms with Crippen molar-refractivity contribution in [3.05, 3.63) is 17.9 Å². The van der Waals surface area contributed by atoms with Crippen molar-refractivity contribution in [3.63, 3.8) is 0 Å². The summed E-state index contributed by atoms with van der Waals surface area (Å²) in [6.45, 7) is 1.85. The summed E-state index contributed by atoms with van der Waals surface area (Å²) in [6.07, 6.45) is 5.12. The number of nitrogens with zero attached hydrogens (tertiary/aromatic N) is 4. The average Bonchev–Trinajstić information content (AvgIpc) is 2.99. The van der Waals surface area contributed by atoms with Gasteiger partial charge in [-0.3, -0.25) is 4.55 Å². The van der Waals surface area contributed by atoms with Crippen LogP contribution >= 0.6 is 0 Å². The van der Waals surface area contributed by atoms with Crippen molar-refractivity contribution in [1.29, 1.82) is 0 Å². The van der Waals surface area contributed by atoms with Gasteiger partial charge in [0.05, 0.1) is 11.4 Å². The molecule has 8 nitrogen and oxygen atoms in total. The first kappa shape index (κ1) is 16.6. The number of oxazole rings is 1. The summed E-state index contributed by atoms with van der Waals surface area (Å²) in [5.74, 6) is 1.94. The van der Waals surface area contributed by atoms with Crippen molar-refractivity contribution < 1.29 is 17.4 Å². The van der Waals surface area contributed by atoms with Gasteiger partial charge in [-0.25, -0.2) is 4.98 Å². The van der Waals surface area contributed by atoms with Crippen LogP contribution in [-0.2, 0) is 23.6 Å². The normalized spacial score (nSPS) is 12.0. The topological polar surface area (TPSA) is 111 Å². The zero-order valence-corrected chi connectivity index (χ0v) is 13.5. The molecule has 0 aliphatic rings. The minimum atomic E-state index is -3.84. The van der Waals surface area contributed by atoms with Gasteiger partial charge in [0.1, 0.15) is 5.82 Å². The standard InChI is InChI=1S/C13H20N4O4S/c1-10-12(21-9-14-10)13-16-15-11(17(13)2)7-5-3-4-6-8-22(18,19)20/h9H,3-8H2,1-2H3,(H,18,19,20). The van der Waals surface area contributed by atoms with E-state index in [4.69, 9.17) is 8.97 Å². The Hall–Kier alpha value is -1.74. The molecule has 2 aromatic heterocycles. The lowest BCUT2D eigenvalue weighted by atomic mass is 10.1. The van der Waals surface area contributed by atoms with Crippen molar-refractivity contribution in [2.24, 2.45) is 7.05 Å². The SMILES string of the molecule is Cc1ncoc1-c1nnc(CCCCCCS(=O)(=O)O)n1C. The number of aryl methyl sites for hydroxylation is 2. The third-order valence-corrected chi connectivity index (χ3v) is 4.27. The molecule has 0 unspecified atom stereocenters. The molecule has 2 aromatic rings. The zero-order valence-electron chi connectivity index (χ0n) is 12.7. The Morgan fingerprint density at radius 2 is 1.95 bits per heavy atom. The summed E-state index contributed by atoms with van der Waals surface area (Å²) in [5, 5.41) is 8.29. The second-order valence-electron chi connectivity index (χ2n) is 5.22. The Bertz CT molecular complexity index is 720. The lowest BCUT2D eigenvalue weighted by molar-refractivity contribution is 0.479. The van der Waals surface area contributed by atoms with Gasteiger partial charge in [0, 0.05) is 13.5 Å². The molecule has 0 amide bonds. The van der Waals surface area contributed by atoms with E-state index in [1.165, 1.54) is 6.39 Å². The monoisotopic (exact) mass is 328 g/mol. The molecule has 0 fully saturated rings. The van der Waals surface area contributed by atoms with Gasteiger partial charge in [-0.05, 0) is 19.8 Å². The zero-order chi connectivity index (χ0) is 16.2. The maximum Gasteiger partial charge on any atom is 0.264 e. The molecule has 2 heterocycles. The van der Waals surface area contributed by atoms with Crippen LogP contribution in [0.5, 0.6) is 0 Å². The third-order valence-electron chi connectivity index (χ3n) is 3.47. The quantitative estimate of drug-likeness (QED) is 0.580. The van der Waals surface area contributed by atoms with Crippen LogP contribution in [-0.4, -0.2) is 38.5 Å². The van der Waals surface area contributed by atoms with Crippen LogP contribution in [0.1, 0.15) is 37.2 Å². The summed E-state index contributed by atoms with van der Waals surface area (Å²) in [5.41, 5.74) is 0.771. The fourth-order valence-corrected chi connectivity index (χ4v) is 2.78. The highest BCUT2D eigenvalue weighted by Gasteiger charge is 2.16. The highest BCUT2D eigenvalue weighted by molar-refractivity contribution is 7.85. The van der Waals surface area contributed by atoms with Gasteiger partial charge >= 0.3 is 0 Å². The van der Waals surface area contributed by atoms with Gasteiger partial charge in [-0.1, -0.05) is 12.8 Å². The highest BCUT2D eigenvalue weighted by atomic mass is 32.2. The molecule has 1 N–H and O–H groups in total. The van der Waals surface area contributed by atoms with Crippen LogP contribution in [0.25, 0.3) is 11.6 Å². The molecule has 0 aliphatic heterocycles. The average molecular weight is 328 g/mol. The molecule has 0 spiro atoms. The fraction of sp³-hybridized carbons (Fsp3) is 0.615. The van der Waals surface area contributed by atoms with Gasteiger partial charge in [0.2, 0.25) is 5.82 Å². The van der Waals surface area contributed by atoms with E-state index in [1.807, 2.05) is 18.5 Å². The van der Waals surface area contributed by atoms with E-state index in [0.717, 1.165) is 37.2 Å². The van der Waals surface area contributed by atoms with Crippen LogP contribution in [0.15, 0.2) is 10.8 Å². The van der Waals surface area contributed by atoms with Crippen LogP contribution in [0.4, 0.5) is 0 Å². The van der Waals surface area contributed by atoms with Crippen molar-refractivity contribution in [2.75, 3.05) is 5.75 Å². The largest absolute Gasteiger partial charge is 0.440 e. The van der Waals surface area contributed by atoms with E-state index >= 15 is 0 Å². The van der Waals surface area contributed by atoms with Crippen molar-refractivity contribution in [1.82, 2.24) is 19.7 Å². The summed E-state index contributed by atoms with van der Waals surface area (Å²) in [6, 6.07) is 0. The van der Waals surface area contributed by atoms with E-state index < -0.39 is 10.1 Å². The van der Waals surface area contributed by atoms with Gasteiger partial charge in [-0.2, -0.15) is 8.42 Å². The van der Waals surface area contributed by atoms with E-state index in [-0.39, 0.29) is 5.75 Å². The molecule has 2 rings (SSSR count). The maximum atomic E-state index is 10.6.